The van der Waals surface area contributed by atoms with Crippen LogP contribution in [0.2, 0.25) is 0 Å². The van der Waals surface area contributed by atoms with Crippen LogP contribution in [-0.4, -0.2) is 10.3 Å². The molecule has 1 aromatic heterocycles. The third-order valence-corrected chi connectivity index (χ3v) is 3.06. The molecule has 1 aromatic carbocycles. The summed E-state index contributed by atoms with van der Waals surface area (Å²) >= 11 is 1.31. The van der Waals surface area contributed by atoms with Crippen molar-refractivity contribution in [1.82, 2.24) is 4.37 Å². The van der Waals surface area contributed by atoms with Gasteiger partial charge in [0, 0.05) is 17.5 Å². The summed E-state index contributed by atoms with van der Waals surface area (Å²) < 4.78 is 4.33. The lowest BCUT2D eigenvalue weighted by Crippen LogP contribution is -2.16. The SMILES string of the molecule is CC(C)C(=O)Nc1cc(-c2ccccc2)ns1. The highest BCUT2D eigenvalue weighted by molar-refractivity contribution is 7.10. The van der Waals surface area contributed by atoms with Crippen LogP contribution < -0.4 is 5.32 Å². The molecule has 0 fully saturated rings. The second-order valence-electron chi connectivity index (χ2n) is 4.09. The van der Waals surface area contributed by atoms with E-state index in [0.717, 1.165) is 16.3 Å². The molecule has 0 saturated heterocycles. The first-order valence-corrected chi connectivity index (χ1v) is 6.27. The number of aromatic nitrogens is 1. The Labute approximate surface area is 105 Å². The van der Waals surface area contributed by atoms with Gasteiger partial charge in [-0.25, -0.2) is 0 Å². The van der Waals surface area contributed by atoms with Gasteiger partial charge in [0.2, 0.25) is 5.91 Å². The van der Waals surface area contributed by atoms with Gasteiger partial charge in [-0.05, 0) is 11.5 Å². The lowest BCUT2D eigenvalue weighted by atomic mass is 10.1. The lowest BCUT2D eigenvalue weighted by molar-refractivity contribution is -0.118. The number of nitrogens with one attached hydrogen (secondary N) is 1. The van der Waals surface area contributed by atoms with Gasteiger partial charge in [-0.2, -0.15) is 4.37 Å². The van der Waals surface area contributed by atoms with Crippen LogP contribution in [0.25, 0.3) is 11.3 Å². The molecule has 0 radical (unpaired) electrons. The lowest BCUT2D eigenvalue weighted by Gasteiger charge is -2.03. The molecule has 1 amide bonds. The molecular formula is C13H14N2OS. The van der Waals surface area contributed by atoms with Crippen molar-refractivity contribution in [2.24, 2.45) is 5.92 Å². The second-order valence-corrected chi connectivity index (χ2v) is 4.89. The van der Waals surface area contributed by atoms with E-state index in [9.17, 15) is 4.79 Å². The molecule has 2 rings (SSSR count). The van der Waals surface area contributed by atoms with E-state index in [2.05, 4.69) is 9.69 Å². The Morgan fingerprint density at radius 2 is 2.00 bits per heavy atom. The number of hydrogen-bond donors (Lipinski definition) is 1. The van der Waals surface area contributed by atoms with Gasteiger partial charge in [-0.3, -0.25) is 4.79 Å². The average molecular weight is 246 g/mol. The third kappa shape index (κ3) is 2.91. The summed E-state index contributed by atoms with van der Waals surface area (Å²) in [5.41, 5.74) is 1.96. The summed E-state index contributed by atoms with van der Waals surface area (Å²) in [6.45, 7) is 3.74. The van der Waals surface area contributed by atoms with Gasteiger partial charge < -0.3 is 5.32 Å². The van der Waals surface area contributed by atoms with E-state index in [1.807, 2.05) is 50.2 Å². The molecule has 0 unspecified atom stereocenters. The second kappa shape index (κ2) is 5.10. The fourth-order valence-electron chi connectivity index (χ4n) is 1.34. The minimum absolute atomic E-state index is 0.0164. The van der Waals surface area contributed by atoms with Gasteiger partial charge in [0.15, 0.2) is 0 Å². The molecule has 0 aliphatic rings. The number of carbonyl (C=O) groups is 1. The van der Waals surface area contributed by atoms with E-state index in [0.29, 0.717) is 0 Å². The maximum absolute atomic E-state index is 11.5. The average Bonchev–Trinajstić information content (AvgIpc) is 2.78. The smallest absolute Gasteiger partial charge is 0.227 e. The largest absolute Gasteiger partial charge is 0.316 e. The maximum atomic E-state index is 11.5. The Hall–Kier alpha value is -1.68. The van der Waals surface area contributed by atoms with E-state index in [1.165, 1.54) is 11.5 Å². The quantitative estimate of drug-likeness (QED) is 0.901. The Balaban J connectivity index is 2.14. The first kappa shape index (κ1) is 11.8. The summed E-state index contributed by atoms with van der Waals surface area (Å²) in [6.07, 6.45) is 0. The molecule has 0 spiro atoms. The zero-order chi connectivity index (χ0) is 12.3. The van der Waals surface area contributed by atoms with Gasteiger partial charge in [0.05, 0.1) is 5.69 Å². The molecular weight excluding hydrogens is 232 g/mol. The first-order valence-electron chi connectivity index (χ1n) is 5.50. The van der Waals surface area contributed by atoms with Crippen LogP contribution in [0.3, 0.4) is 0 Å². The number of nitrogens with zero attached hydrogens (tertiary/aromatic N) is 1. The number of rotatable bonds is 3. The molecule has 0 aliphatic carbocycles. The summed E-state index contributed by atoms with van der Waals surface area (Å²) in [7, 11) is 0. The molecule has 4 heteroatoms. The molecule has 0 atom stereocenters. The fourth-order valence-corrected chi connectivity index (χ4v) is 2.01. The van der Waals surface area contributed by atoms with Crippen molar-refractivity contribution in [3.05, 3.63) is 36.4 Å². The Morgan fingerprint density at radius 3 is 2.65 bits per heavy atom. The van der Waals surface area contributed by atoms with Crippen LogP contribution in [0.4, 0.5) is 5.00 Å². The van der Waals surface area contributed by atoms with Gasteiger partial charge in [-0.1, -0.05) is 44.2 Å². The van der Waals surface area contributed by atoms with Crippen LogP contribution in [0.15, 0.2) is 36.4 Å². The van der Waals surface area contributed by atoms with Crippen LogP contribution >= 0.6 is 11.5 Å². The van der Waals surface area contributed by atoms with Crippen LogP contribution in [0.1, 0.15) is 13.8 Å². The van der Waals surface area contributed by atoms with Crippen molar-refractivity contribution < 1.29 is 4.79 Å². The third-order valence-electron chi connectivity index (χ3n) is 2.35. The van der Waals surface area contributed by atoms with Crippen molar-refractivity contribution >= 4 is 22.4 Å². The molecule has 0 saturated carbocycles. The first-order chi connectivity index (χ1) is 8.16. The standard InChI is InChI=1S/C13H14N2OS/c1-9(2)13(16)14-12-8-11(15-17-12)10-6-4-3-5-7-10/h3-9H,1-2H3,(H,14,16). The monoisotopic (exact) mass is 246 g/mol. The topological polar surface area (TPSA) is 42.0 Å². The number of amides is 1. The van der Waals surface area contributed by atoms with Crippen LogP contribution in [-0.2, 0) is 4.79 Å². The fraction of sp³-hybridized carbons (Fsp3) is 0.231. The maximum Gasteiger partial charge on any atom is 0.227 e. The molecule has 3 nitrogen and oxygen atoms in total. The van der Waals surface area contributed by atoms with Gasteiger partial charge in [-0.15, -0.1) is 0 Å². The zero-order valence-electron chi connectivity index (χ0n) is 9.81. The predicted molar refractivity (Wildman–Crippen MR) is 71.0 cm³/mol. The Bertz CT molecular complexity index is 505. The van der Waals surface area contributed by atoms with Crippen LogP contribution in [0.5, 0.6) is 0 Å². The van der Waals surface area contributed by atoms with Gasteiger partial charge in [0.25, 0.3) is 0 Å². The minimum atomic E-state index is -0.0164. The predicted octanol–water partition coefficient (Wildman–Crippen LogP) is 3.40. The molecule has 0 aliphatic heterocycles. The van der Waals surface area contributed by atoms with Crippen LogP contribution in [0, 0.1) is 5.92 Å². The van der Waals surface area contributed by atoms with Crippen molar-refractivity contribution in [2.75, 3.05) is 5.32 Å². The molecule has 2 aromatic rings. The summed E-state index contributed by atoms with van der Waals surface area (Å²) in [6, 6.07) is 11.8. The molecule has 0 bridgehead atoms. The normalized spacial score (nSPS) is 10.5. The molecule has 1 N–H and O–H groups in total. The zero-order valence-corrected chi connectivity index (χ0v) is 10.6. The molecule has 17 heavy (non-hydrogen) atoms. The number of hydrogen-bond acceptors (Lipinski definition) is 3. The van der Waals surface area contributed by atoms with E-state index in [-0.39, 0.29) is 11.8 Å². The van der Waals surface area contributed by atoms with Crippen molar-refractivity contribution in [3.8, 4) is 11.3 Å². The van der Waals surface area contributed by atoms with E-state index >= 15 is 0 Å². The van der Waals surface area contributed by atoms with E-state index < -0.39 is 0 Å². The number of benzene rings is 1. The van der Waals surface area contributed by atoms with Crippen molar-refractivity contribution in [3.63, 3.8) is 0 Å². The van der Waals surface area contributed by atoms with E-state index in [4.69, 9.17) is 0 Å². The van der Waals surface area contributed by atoms with Crippen molar-refractivity contribution in [2.45, 2.75) is 13.8 Å². The Morgan fingerprint density at radius 1 is 1.29 bits per heavy atom. The number of carbonyl (C=O) groups excluding carboxylic acids is 1. The Kier molecular flexibility index (Phi) is 3.54. The van der Waals surface area contributed by atoms with E-state index in [1.54, 1.807) is 0 Å². The summed E-state index contributed by atoms with van der Waals surface area (Å²) in [5.74, 6) is 0.00513. The highest BCUT2D eigenvalue weighted by Crippen LogP contribution is 2.25. The highest BCUT2D eigenvalue weighted by Gasteiger charge is 2.10. The highest BCUT2D eigenvalue weighted by atomic mass is 32.1. The summed E-state index contributed by atoms with van der Waals surface area (Å²) in [5, 5.41) is 3.64. The number of anilines is 1. The van der Waals surface area contributed by atoms with Gasteiger partial charge >= 0.3 is 0 Å². The summed E-state index contributed by atoms with van der Waals surface area (Å²) in [4.78, 5) is 11.5. The molecule has 1 heterocycles. The van der Waals surface area contributed by atoms with Gasteiger partial charge in [0.1, 0.15) is 5.00 Å². The van der Waals surface area contributed by atoms with Crippen molar-refractivity contribution in [1.29, 1.82) is 0 Å². The minimum Gasteiger partial charge on any atom is -0.316 e. The molecule has 88 valence electrons.